The molecule has 10 nitrogen and oxygen atoms in total. The topological polar surface area (TPSA) is 141 Å². The predicted molar refractivity (Wildman–Crippen MR) is 141 cm³/mol. The molecule has 226 valence electrons. The Bertz CT molecular complexity index is 1030. The molecule has 3 heterocycles. The number of esters is 3. The van der Waals surface area contributed by atoms with Crippen LogP contribution in [-0.4, -0.2) is 82.6 Å². The summed E-state index contributed by atoms with van der Waals surface area (Å²) in [5.41, 5.74) is -6.89. The maximum atomic E-state index is 13.4. The zero-order chi connectivity index (χ0) is 29.3. The van der Waals surface area contributed by atoms with Crippen LogP contribution in [0.5, 0.6) is 0 Å². The fraction of sp³-hybridized carbons (Fsp3) is 0.900. The Morgan fingerprint density at radius 3 is 2.33 bits per heavy atom. The highest BCUT2D eigenvalue weighted by Crippen LogP contribution is 2.75. The number of ether oxygens (including phenoxy) is 5. The average Bonchev–Trinajstić information content (AvgIpc) is 3.55. The number of aliphatic hydroxyl groups is 2. The highest BCUT2D eigenvalue weighted by atomic mass is 16.7. The van der Waals surface area contributed by atoms with E-state index in [2.05, 4.69) is 6.92 Å². The number of unbranched alkanes of at least 4 members (excludes halogenated alkanes) is 6. The molecular formula is C30H46O10. The van der Waals surface area contributed by atoms with Crippen molar-refractivity contribution in [1.82, 2.24) is 0 Å². The van der Waals surface area contributed by atoms with E-state index in [1.165, 1.54) is 26.4 Å². The first-order valence-electron chi connectivity index (χ1n) is 15.1. The Morgan fingerprint density at radius 2 is 1.70 bits per heavy atom. The van der Waals surface area contributed by atoms with E-state index in [-0.39, 0.29) is 18.8 Å². The van der Waals surface area contributed by atoms with Crippen LogP contribution in [0.3, 0.4) is 0 Å². The van der Waals surface area contributed by atoms with Crippen molar-refractivity contribution in [3.63, 3.8) is 0 Å². The minimum atomic E-state index is -2.01. The number of methoxy groups -OCH3 is 1. The molecule has 3 saturated heterocycles. The van der Waals surface area contributed by atoms with Crippen molar-refractivity contribution in [2.75, 3.05) is 7.11 Å². The summed E-state index contributed by atoms with van der Waals surface area (Å²) >= 11 is 0. The quantitative estimate of drug-likeness (QED) is 0.157. The Balaban J connectivity index is 1.47. The molecule has 3 aliphatic heterocycles. The van der Waals surface area contributed by atoms with Crippen LogP contribution in [-0.2, 0) is 38.1 Å². The third kappa shape index (κ3) is 3.84. The molecule has 0 aromatic heterocycles. The van der Waals surface area contributed by atoms with Gasteiger partial charge in [0.15, 0.2) is 17.3 Å². The summed E-state index contributed by atoms with van der Waals surface area (Å²) in [5.74, 6) is -3.38. The maximum Gasteiger partial charge on any atom is 0.341 e. The van der Waals surface area contributed by atoms with Crippen molar-refractivity contribution in [2.24, 2.45) is 23.2 Å². The fourth-order valence-electron chi connectivity index (χ4n) is 8.49. The number of hydrogen-bond acceptors (Lipinski definition) is 10. The first-order chi connectivity index (χ1) is 18.8. The molecular weight excluding hydrogens is 520 g/mol. The standard InChI is InChI=1S/C30H46O10/c1-7-8-9-10-11-12-13-14-18(31)37-22-21-19(16(2)3)20(25(32)38-21)30(35)24-23(39-24)29(27(22,30)5)15-28(34,17(4)36-6)26(33)40-29/h16-17,19-24,34-35H,7-15H2,1-6H3/t17-,19-,20+,21+,22+,23+,24-,27-,28-,29+,30-/m0/s1. The zero-order valence-electron chi connectivity index (χ0n) is 24.6. The van der Waals surface area contributed by atoms with Crippen LogP contribution in [0.15, 0.2) is 0 Å². The zero-order valence-corrected chi connectivity index (χ0v) is 24.6. The minimum Gasteiger partial charge on any atom is -0.458 e. The molecule has 40 heavy (non-hydrogen) atoms. The van der Waals surface area contributed by atoms with E-state index >= 15 is 0 Å². The third-order valence-corrected chi connectivity index (χ3v) is 10.9. The van der Waals surface area contributed by atoms with Crippen LogP contribution in [0, 0.1) is 23.2 Å². The van der Waals surface area contributed by atoms with Crippen LogP contribution in [0.1, 0.15) is 92.4 Å². The number of hydrogen-bond donors (Lipinski definition) is 2. The predicted octanol–water partition coefficient (Wildman–Crippen LogP) is 2.84. The normalized spacial score (nSPS) is 45.3. The summed E-state index contributed by atoms with van der Waals surface area (Å²) in [5, 5.41) is 24.1. The van der Waals surface area contributed by atoms with Crippen LogP contribution in [0.2, 0.25) is 0 Å². The lowest BCUT2D eigenvalue weighted by molar-refractivity contribution is -0.282. The Labute approximate surface area is 236 Å². The molecule has 5 rings (SSSR count). The largest absolute Gasteiger partial charge is 0.458 e. The third-order valence-electron chi connectivity index (χ3n) is 10.9. The van der Waals surface area contributed by atoms with Crippen LogP contribution < -0.4 is 0 Å². The van der Waals surface area contributed by atoms with E-state index in [0.29, 0.717) is 6.42 Å². The second-order valence-corrected chi connectivity index (χ2v) is 13.2. The fourth-order valence-corrected chi connectivity index (χ4v) is 8.49. The summed E-state index contributed by atoms with van der Waals surface area (Å²) in [6.45, 7) is 9.33. The van der Waals surface area contributed by atoms with Crippen molar-refractivity contribution in [2.45, 2.75) is 140 Å². The molecule has 0 amide bonds. The molecule has 5 fully saturated rings. The number of rotatable bonds is 12. The molecule has 0 unspecified atom stereocenters. The van der Waals surface area contributed by atoms with E-state index < -0.39 is 82.5 Å². The number of carbonyl (C=O) groups excluding carboxylic acids is 3. The summed E-state index contributed by atoms with van der Waals surface area (Å²) in [6.07, 6.45) is 2.81. The van der Waals surface area contributed by atoms with Gasteiger partial charge in [0.1, 0.15) is 23.9 Å². The molecule has 10 heteroatoms. The van der Waals surface area contributed by atoms with Gasteiger partial charge in [0.2, 0.25) is 0 Å². The molecule has 0 aromatic carbocycles. The van der Waals surface area contributed by atoms with Gasteiger partial charge in [-0.05, 0) is 26.2 Å². The van der Waals surface area contributed by atoms with Gasteiger partial charge in [-0.1, -0.05) is 59.3 Å². The van der Waals surface area contributed by atoms with Crippen molar-refractivity contribution >= 4 is 17.9 Å². The lowest BCUT2D eigenvalue weighted by Gasteiger charge is -2.58. The summed E-state index contributed by atoms with van der Waals surface area (Å²) in [6, 6.07) is 0. The van der Waals surface area contributed by atoms with Gasteiger partial charge in [0.25, 0.3) is 0 Å². The summed E-state index contributed by atoms with van der Waals surface area (Å²) in [4.78, 5) is 39.9. The second kappa shape index (κ2) is 10.2. The van der Waals surface area contributed by atoms with Crippen molar-refractivity contribution in [3.05, 3.63) is 0 Å². The number of epoxide rings is 1. The monoisotopic (exact) mass is 566 g/mol. The Morgan fingerprint density at radius 1 is 1.05 bits per heavy atom. The first kappa shape index (κ1) is 29.7. The highest BCUT2D eigenvalue weighted by Gasteiger charge is 2.94. The Kier molecular flexibility index (Phi) is 7.59. The molecule has 0 radical (unpaired) electrons. The first-order valence-corrected chi connectivity index (χ1v) is 15.1. The van der Waals surface area contributed by atoms with Gasteiger partial charge in [-0.2, -0.15) is 0 Å². The molecule has 5 aliphatic rings. The Hall–Kier alpha value is -1.75. The average molecular weight is 567 g/mol. The van der Waals surface area contributed by atoms with Crippen molar-refractivity contribution in [1.29, 1.82) is 0 Å². The SMILES string of the molecule is CCCCCCCCCC(=O)O[C@@H]1[C@@H]2OC(=O)[C@@H]([C@@H]2C(C)C)[C@]2(O)[C@H]3O[C@H]3[C@]3(C[C@](O)([C@H](C)OC)C(=O)O3)[C@]12C. The molecule has 11 atom stereocenters. The van der Waals surface area contributed by atoms with E-state index in [0.717, 1.165) is 19.3 Å². The lowest BCUT2D eigenvalue weighted by atomic mass is 9.50. The van der Waals surface area contributed by atoms with Gasteiger partial charge in [-0.15, -0.1) is 0 Å². The minimum absolute atomic E-state index is 0.0790. The molecule has 2 aliphatic carbocycles. The molecule has 2 saturated carbocycles. The summed E-state index contributed by atoms with van der Waals surface area (Å²) in [7, 11) is 1.39. The van der Waals surface area contributed by atoms with Gasteiger partial charge in [0, 0.05) is 25.9 Å². The van der Waals surface area contributed by atoms with E-state index in [1.807, 2.05) is 13.8 Å². The van der Waals surface area contributed by atoms with Crippen LogP contribution >= 0.6 is 0 Å². The van der Waals surface area contributed by atoms with E-state index in [1.54, 1.807) is 13.8 Å². The van der Waals surface area contributed by atoms with Crippen molar-refractivity contribution in [3.8, 4) is 0 Å². The molecule has 2 bridgehead atoms. The van der Waals surface area contributed by atoms with Gasteiger partial charge in [0.05, 0.1) is 17.4 Å². The van der Waals surface area contributed by atoms with Gasteiger partial charge < -0.3 is 33.9 Å². The van der Waals surface area contributed by atoms with E-state index in [9.17, 15) is 24.6 Å². The molecule has 0 aromatic rings. The van der Waals surface area contributed by atoms with E-state index in [4.69, 9.17) is 23.7 Å². The number of carbonyl (C=O) groups is 3. The maximum absolute atomic E-state index is 13.4. The van der Waals surface area contributed by atoms with Crippen molar-refractivity contribution < 1.29 is 48.3 Å². The smallest absolute Gasteiger partial charge is 0.341 e. The molecule has 2 N–H and O–H groups in total. The van der Waals surface area contributed by atoms with Gasteiger partial charge >= 0.3 is 17.9 Å². The number of fused-ring (bicyclic) bond motifs is 8. The van der Waals surface area contributed by atoms with Gasteiger partial charge in [-0.25, -0.2) is 4.79 Å². The lowest BCUT2D eigenvalue weighted by Crippen LogP contribution is -2.74. The summed E-state index contributed by atoms with van der Waals surface area (Å²) < 4.78 is 29.4. The van der Waals surface area contributed by atoms with Gasteiger partial charge in [-0.3, -0.25) is 9.59 Å². The van der Waals surface area contributed by atoms with Crippen LogP contribution in [0.4, 0.5) is 0 Å². The molecule has 1 spiro atoms. The second-order valence-electron chi connectivity index (χ2n) is 13.2. The highest BCUT2D eigenvalue weighted by molar-refractivity contribution is 5.85. The van der Waals surface area contributed by atoms with Crippen LogP contribution in [0.25, 0.3) is 0 Å².